The minimum atomic E-state index is 0.455. The molecule has 0 aliphatic carbocycles. The van der Waals surface area contributed by atoms with Crippen molar-refractivity contribution in [1.29, 1.82) is 0 Å². The fraction of sp³-hybridized carbons (Fsp3) is 1.00. The first-order valence-electron chi connectivity index (χ1n) is 4.42. The Morgan fingerprint density at radius 1 is 1.20 bits per heavy atom. The molecule has 0 aromatic carbocycles. The summed E-state index contributed by atoms with van der Waals surface area (Å²) in [5.41, 5.74) is 0.455. The molecule has 0 N–H and O–H groups in total. The van der Waals surface area contributed by atoms with E-state index in [1.807, 2.05) is 0 Å². The second-order valence-electron chi connectivity index (χ2n) is 3.86. The van der Waals surface area contributed by atoms with Gasteiger partial charge < -0.3 is 0 Å². The lowest BCUT2D eigenvalue weighted by Gasteiger charge is -2.34. The maximum Gasteiger partial charge on any atom is 0.0150 e. The standard InChI is InChI=1S/C9H19N/c1-4-9(2,3)10-7-5-6-8-10/h4-8H2,1-3H3. The number of likely N-dealkylation sites (tertiary alicyclic amines) is 1. The zero-order valence-corrected chi connectivity index (χ0v) is 7.48. The normalized spacial score (nSPS) is 21.9. The van der Waals surface area contributed by atoms with Gasteiger partial charge in [0.1, 0.15) is 0 Å². The smallest absolute Gasteiger partial charge is 0.0150 e. The van der Waals surface area contributed by atoms with Gasteiger partial charge in [0.2, 0.25) is 0 Å². The van der Waals surface area contributed by atoms with Gasteiger partial charge in [0, 0.05) is 5.54 Å². The van der Waals surface area contributed by atoms with E-state index in [1.54, 1.807) is 0 Å². The number of hydrogen-bond donors (Lipinski definition) is 0. The second-order valence-corrected chi connectivity index (χ2v) is 3.86. The Labute approximate surface area is 64.4 Å². The van der Waals surface area contributed by atoms with Crippen molar-refractivity contribution in [2.75, 3.05) is 13.1 Å². The molecule has 1 fully saturated rings. The molecule has 60 valence electrons. The summed E-state index contributed by atoms with van der Waals surface area (Å²) in [4.78, 5) is 2.60. The molecule has 0 aromatic heterocycles. The molecule has 10 heavy (non-hydrogen) atoms. The van der Waals surface area contributed by atoms with Crippen LogP contribution in [0.5, 0.6) is 0 Å². The van der Waals surface area contributed by atoms with E-state index in [0.29, 0.717) is 5.54 Å². The van der Waals surface area contributed by atoms with E-state index in [2.05, 4.69) is 25.7 Å². The molecule has 1 aliphatic rings. The Morgan fingerprint density at radius 3 is 2.10 bits per heavy atom. The first-order valence-corrected chi connectivity index (χ1v) is 4.42. The summed E-state index contributed by atoms with van der Waals surface area (Å²) >= 11 is 0. The van der Waals surface area contributed by atoms with Crippen LogP contribution in [0.4, 0.5) is 0 Å². The molecule has 0 aromatic rings. The monoisotopic (exact) mass is 141 g/mol. The largest absolute Gasteiger partial charge is 0.298 e. The van der Waals surface area contributed by atoms with Crippen LogP contribution in [0.2, 0.25) is 0 Å². The second kappa shape index (κ2) is 2.91. The van der Waals surface area contributed by atoms with Gasteiger partial charge in [0.05, 0.1) is 0 Å². The van der Waals surface area contributed by atoms with Crippen molar-refractivity contribution in [3.05, 3.63) is 0 Å². The zero-order chi connectivity index (χ0) is 7.61. The Bertz CT molecular complexity index is 101. The van der Waals surface area contributed by atoms with E-state index < -0.39 is 0 Å². The van der Waals surface area contributed by atoms with Crippen LogP contribution < -0.4 is 0 Å². The molecule has 1 saturated heterocycles. The lowest BCUT2D eigenvalue weighted by atomic mass is 10.0. The van der Waals surface area contributed by atoms with Gasteiger partial charge in [-0.15, -0.1) is 0 Å². The highest BCUT2D eigenvalue weighted by atomic mass is 15.2. The molecule has 1 nitrogen and oxygen atoms in total. The summed E-state index contributed by atoms with van der Waals surface area (Å²) in [7, 11) is 0. The highest BCUT2D eigenvalue weighted by molar-refractivity contribution is 4.82. The van der Waals surface area contributed by atoms with E-state index in [9.17, 15) is 0 Å². The van der Waals surface area contributed by atoms with Crippen LogP contribution >= 0.6 is 0 Å². The highest BCUT2D eigenvalue weighted by Gasteiger charge is 2.26. The Kier molecular flexibility index (Phi) is 2.35. The summed E-state index contributed by atoms with van der Waals surface area (Å²) in [6.45, 7) is 9.61. The van der Waals surface area contributed by atoms with Crippen LogP contribution in [0.1, 0.15) is 40.0 Å². The van der Waals surface area contributed by atoms with Gasteiger partial charge in [-0.25, -0.2) is 0 Å². The summed E-state index contributed by atoms with van der Waals surface area (Å²) in [5, 5.41) is 0. The van der Waals surface area contributed by atoms with Crippen molar-refractivity contribution in [1.82, 2.24) is 4.90 Å². The third kappa shape index (κ3) is 1.51. The van der Waals surface area contributed by atoms with Crippen molar-refractivity contribution in [2.24, 2.45) is 0 Å². The van der Waals surface area contributed by atoms with E-state index in [1.165, 1.54) is 32.4 Å². The predicted octanol–water partition coefficient (Wildman–Crippen LogP) is 2.27. The zero-order valence-electron chi connectivity index (χ0n) is 7.48. The molecule has 0 radical (unpaired) electrons. The first-order chi connectivity index (χ1) is 4.67. The van der Waals surface area contributed by atoms with Gasteiger partial charge >= 0.3 is 0 Å². The summed E-state index contributed by atoms with van der Waals surface area (Å²) in [5.74, 6) is 0. The third-order valence-corrected chi connectivity index (χ3v) is 2.83. The first kappa shape index (κ1) is 8.06. The molecule has 0 unspecified atom stereocenters. The van der Waals surface area contributed by atoms with Crippen molar-refractivity contribution < 1.29 is 0 Å². The van der Waals surface area contributed by atoms with Crippen LogP contribution in [0.3, 0.4) is 0 Å². The number of rotatable bonds is 2. The van der Waals surface area contributed by atoms with Crippen LogP contribution in [0.15, 0.2) is 0 Å². The Hall–Kier alpha value is -0.0400. The van der Waals surface area contributed by atoms with Crippen LogP contribution in [0.25, 0.3) is 0 Å². The van der Waals surface area contributed by atoms with Crippen molar-refractivity contribution in [3.63, 3.8) is 0 Å². The Balaban J connectivity index is 2.45. The maximum absolute atomic E-state index is 2.60. The molecule has 0 atom stereocenters. The number of nitrogens with zero attached hydrogens (tertiary/aromatic N) is 1. The summed E-state index contributed by atoms with van der Waals surface area (Å²) in [6, 6.07) is 0. The van der Waals surface area contributed by atoms with Crippen LogP contribution in [0, 0.1) is 0 Å². The van der Waals surface area contributed by atoms with Crippen LogP contribution in [-0.2, 0) is 0 Å². The molecule has 0 saturated carbocycles. The van der Waals surface area contributed by atoms with E-state index >= 15 is 0 Å². The lowest BCUT2D eigenvalue weighted by molar-refractivity contribution is 0.150. The molecule has 1 rings (SSSR count). The molecule has 0 amide bonds. The quantitative estimate of drug-likeness (QED) is 0.570. The van der Waals surface area contributed by atoms with Gasteiger partial charge in [-0.2, -0.15) is 0 Å². The maximum atomic E-state index is 2.60. The molecule has 1 aliphatic heterocycles. The SMILES string of the molecule is CCC(C)(C)N1CCCC1. The van der Waals surface area contributed by atoms with E-state index in [0.717, 1.165) is 0 Å². The summed E-state index contributed by atoms with van der Waals surface area (Å²) in [6.07, 6.45) is 4.08. The van der Waals surface area contributed by atoms with Gasteiger partial charge in [0.25, 0.3) is 0 Å². The fourth-order valence-electron chi connectivity index (χ4n) is 1.55. The fourth-order valence-corrected chi connectivity index (χ4v) is 1.55. The van der Waals surface area contributed by atoms with Crippen LogP contribution in [-0.4, -0.2) is 23.5 Å². The predicted molar refractivity (Wildman–Crippen MR) is 45.2 cm³/mol. The Morgan fingerprint density at radius 2 is 1.70 bits per heavy atom. The highest BCUT2D eigenvalue weighted by Crippen LogP contribution is 2.23. The third-order valence-electron chi connectivity index (χ3n) is 2.83. The topological polar surface area (TPSA) is 3.24 Å². The molecular formula is C9H19N. The minimum Gasteiger partial charge on any atom is -0.298 e. The van der Waals surface area contributed by atoms with Gasteiger partial charge in [0.15, 0.2) is 0 Å². The molecular weight excluding hydrogens is 122 g/mol. The number of hydrogen-bond acceptors (Lipinski definition) is 1. The van der Waals surface area contributed by atoms with Gasteiger partial charge in [-0.1, -0.05) is 6.92 Å². The molecule has 0 bridgehead atoms. The average molecular weight is 141 g/mol. The van der Waals surface area contributed by atoms with Crippen molar-refractivity contribution >= 4 is 0 Å². The molecule has 0 spiro atoms. The lowest BCUT2D eigenvalue weighted by Crippen LogP contribution is -2.41. The minimum absolute atomic E-state index is 0.455. The van der Waals surface area contributed by atoms with Crippen molar-refractivity contribution in [3.8, 4) is 0 Å². The van der Waals surface area contributed by atoms with Gasteiger partial charge in [-0.3, -0.25) is 4.90 Å². The molecule has 1 heteroatoms. The average Bonchev–Trinajstić information content (AvgIpc) is 2.38. The van der Waals surface area contributed by atoms with E-state index in [4.69, 9.17) is 0 Å². The van der Waals surface area contributed by atoms with Crippen molar-refractivity contribution in [2.45, 2.75) is 45.6 Å². The van der Waals surface area contributed by atoms with Gasteiger partial charge in [-0.05, 0) is 46.2 Å². The molecule has 1 heterocycles. The summed E-state index contributed by atoms with van der Waals surface area (Å²) < 4.78 is 0. The van der Waals surface area contributed by atoms with E-state index in [-0.39, 0.29) is 0 Å².